The van der Waals surface area contributed by atoms with Crippen LogP contribution in [-0.2, 0) is 17.8 Å². The van der Waals surface area contributed by atoms with Gasteiger partial charge in [0.2, 0.25) is 5.91 Å². The van der Waals surface area contributed by atoms with Crippen LogP contribution in [0, 0.1) is 11.7 Å². The summed E-state index contributed by atoms with van der Waals surface area (Å²) in [5, 5.41) is 17.0. The Kier molecular flexibility index (Phi) is 5.43. The minimum Gasteiger partial charge on any atom is -0.390 e. The summed E-state index contributed by atoms with van der Waals surface area (Å²) >= 11 is 0. The molecule has 1 amide bonds. The smallest absolute Gasteiger partial charge is 0.222 e. The molecular weight excluding hydrogens is 323 g/mol. The molecule has 2 atom stereocenters. The number of carbonyl (C=O) groups excluding carboxylic acids is 1. The quantitative estimate of drug-likeness (QED) is 0.868. The average molecular weight is 346 g/mol. The zero-order chi connectivity index (χ0) is 17.8. The topological polar surface area (TPSA) is 71.2 Å². The van der Waals surface area contributed by atoms with Gasteiger partial charge in [-0.15, -0.1) is 5.10 Å². The normalized spacial score (nSPS) is 18.5. The van der Waals surface area contributed by atoms with Crippen molar-refractivity contribution in [2.24, 2.45) is 5.92 Å². The van der Waals surface area contributed by atoms with E-state index in [0.29, 0.717) is 31.6 Å². The number of hydrogen-bond acceptors (Lipinski definition) is 4. The van der Waals surface area contributed by atoms with Gasteiger partial charge >= 0.3 is 0 Å². The Hall–Kier alpha value is -2.28. The van der Waals surface area contributed by atoms with E-state index < -0.39 is 0 Å². The number of likely N-dealkylation sites (tertiary alicyclic amines) is 1. The molecule has 0 saturated carbocycles. The number of aliphatic hydroxyl groups excluding tert-OH is 1. The first kappa shape index (κ1) is 17.5. The zero-order valence-electron chi connectivity index (χ0n) is 14.3. The minimum atomic E-state index is -0.242. The van der Waals surface area contributed by atoms with Crippen LogP contribution in [0.25, 0.3) is 0 Å². The summed E-state index contributed by atoms with van der Waals surface area (Å²) in [6.07, 6.45) is 3.69. The molecule has 0 radical (unpaired) electrons. The Morgan fingerprint density at radius 1 is 1.48 bits per heavy atom. The van der Waals surface area contributed by atoms with Crippen molar-refractivity contribution < 1.29 is 14.3 Å². The van der Waals surface area contributed by atoms with E-state index in [2.05, 4.69) is 10.3 Å². The lowest BCUT2D eigenvalue weighted by Gasteiger charge is -2.19. The van der Waals surface area contributed by atoms with E-state index >= 15 is 0 Å². The molecule has 1 aromatic heterocycles. The predicted molar refractivity (Wildman–Crippen MR) is 90.1 cm³/mol. The molecule has 7 heteroatoms. The summed E-state index contributed by atoms with van der Waals surface area (Å²) in [5.41, 5.74) is 1.45. The molecule has 1 aliphatic heterocycles. The van der Waals surface area contributed by atoms with Crippen molar-refractivity contribution in [3.05, 3.63) is 47.5 Å². The lowest BCUT2D eigenvalue weighted by molar-refractivity contribution is -0.131. The van der Waals surface area contributed by atoms with Crippen molar-refractivity contribution >= 4 is 5.91 Å². The van der Waals surface area contributed by atoms with Gasteiger partial charge in [0.1, 0.15) is 11.5 Å². The van der Waals surface area contributed by atoms with E-state index in [1.54, 1.807) is 16.9 Å². The van der Waals surface area contributed by atoms with Crippen molar-refractivity contribution in [3.63, 3.8) is 0 Å². The summed E-state index contributed by atoms with van der Waals surface area (Å²) in [6.45, 7) is 3.19. The Labute approximate surface area is 146 Å². The lowest BCUT2D eigenvalue weighted by atomic mass is 9.97. The zero-order valence-corrected chi connectivity index (χ0v) is 14.3. The number of aliphatic hydroxyl groups is 1. The molecule has 2 aromatic rings. The molecule has 6 nitrogen and oxygen atoms in total. The van der Waals surface area contributed by atoms with Crippen LogP contribution in [0.4, 0.5) is 4.39 Å². The lowest BCUT2D eigenvalue weighted by Crippen LogP contribution is -2.30. The van der Waals surface area contributed by atoms with Crippen molar-refractivity contribution in [1.29, 1.82) is 0 Å². The Morgan fingerprint density at radius 3 is 3.04 bits per heavy atom. The molecule has 0 aliphatic carbocycles. The van der Waals surface area contributed by atoms with E-state index in [1.165, 1.54) is 12.1 Å². The molecule has 1 aliphatic rings. The highest BCUT2D eigenvalue weighted by molar-refractivity contribution is 5.76. The number of hydrogen-bond donors (Lipinski definition) is 1. The fraction of sp³-hybridized carbons (Fsp3) is 0.500. The maximum absolute atomic E-state index is 13.3. The highest BCUT2D eigenvalue weighted by atomic mass is 19.1. The number of rotatable bonds is 6. The van der Waals surface area contributed by atoms with Gasteiger partial charge in [-0.1, -0.05) is 24.3 Å². The summed E-state index contributed by atoms with van der Waals surface area (Å²) in [4.78, 5) is 14.4. The number of nitrogens with zero attached hydrogens (tertiary/aromatic N) is 4. The van der Waals surface area contributed by atoms with Gasteiger partial charge in [0, 0.05) is 19.5 Å². The second-order valence-electron chi connectivity index (χ2n) is 6.77. The highest BCUT2D eigenvalue weighted by Crippen LogP contribution is 2.23. The van der Waals surface area contributed by atoms with Crippen molar-refractivity contribution in [3.8, 4) is 0 Å². The van der Waals surface area contributed by atoms with Gasteiger partial charge in [0.05, 0.1) is 18.8 Å². The van der Waals surface area contributed by atoms with E-state index in [9.17, 15) is 9.18 Å². The second kappa shape index (κ2) is 7.74. The third-order valence-corrected chi connectivity index (χ3v) is 4.61. The molecule has 2 heterocycles. The van der Waals surface area contributed by atoms with E-state index in [4.69, 9.17) is 5.11 Å². The number of amides is 1. The van der Waals surface area contributed by atoms with Crippen LogP contribution < -0.4 is 0 Å². The van der Waals surface area contributed by atoms with Gasteiger partial charge in [-0.05, 0) is 36.5 Å². The molecule has 134 valence electrons. The van der Waals surface area contributed by atoms with Gasteiger partial charge < -0.3 is 10.0 Å². The van der Waals surface area contributed by atoms with Crippen LogP contribution in [0.15, 0.2) is 30.5 Å². The van der Waals surface area contributed by atoms with Gasteiger partial charge in [-0.2, -0.15) is 0 Å². The summed E-state index contributed by atoms with van der Waals surface area (Å²) in [6, 6.07) is 6.64. The number of aromatic nitrogens is 3. The van der Waals surface area contributed by atoms with Gasteiger partial charge in [-0.3, -0.25) is 4.79 Å². The van der Waals surface area contributed by atoms with Crippen molar-refractivity contribution in [1.82, 2.24) is 19.9 Å². The molecular formula is C18H23FN4O2. The average Bonchev–Trinajstić information content (AvgIpc) is 3.23. The van der Waals surface area contributed by atoms with Crippen LogP contribution in [0.3, 0.4) is 0 Å². The standard InChI is InChI=1S/C18H23FN4O2/c1-13(7-14-3-2-4-15(19)9-14)8-18(25)22-6-5-17(11-22)23-10-16(12-24)20-21-23/h2-4,9-10,13,17,24H,5-8,11-12H2,1H3. The molecule has 3 rings (SSSR count). The first-order valence-electron chi connectivity index (χ1n) is 8.59. The summed E-state index contributed by atoms with van der Waals surface area (Å²) in [7, 11) is 0. The second-order valence-corrected chi connectivity index (χ2v) is 6.77. The molecule has 1 aromatic carbocycles. The van der Waals surface area contributed by atoms with Crippen LogP contribution >= 0.6 is 0 Å². The molecule has 0 bridgehead atoms. The van der Waals surface area contributed by atoms with Crippen LogP contribution in [0.1, 0.15) is 37.1 Å². The van der Waals surface area contributed by atoms with Gasteiger partial charge in [-0.25, -0.2) is 9.07 Å². The molecule has 2 unspecified atom stereocenters. The van der Waals surface area contributed by atoms with E-state index in [0.717, 1.165) is 12.0 Å². The van der Waals surface area contributed by atoms with Crippen LogP contribution in [0.5, 0.6) is 0 Å². The largest absolute Gasteiger partial charge is 0.390 e. The maximum atomic E-state index is 13.3. The Balaban J connectivity index is 1.51. The molecule has 1 N–H and O–H groups in total. The Morgan fingerprint density at radius 2 is 2.32 bits per heavy atom. The molecule has 0 spiro atoms. The fourth-order valence-corrected chi connectivity index (χ4v) is 3.31. The first-order valence-corrected chi connectivity index (χ1v) is 8.59. The monoisotopic (exact) mass is 346 g/mol. The highest BCUT2D eigenvalue weighted by Gasteiger charge is 2.28. The number of halogens is 1. The van der Waals surface area contributed by atoms with Gasteiger partial charge in [0.25, 0.3) is 0 Å². The number of carbonyl (C=O) groups is 1. The van der Waals surface area contributed by atoms with Crippen molar-refractivity contribution in [2.75, 3.05) is 13.1 Å². The Bertz CT molecular complexity index is 733. The van der Waals surface area contributed by atoms with Crippen LogP contribution in [-0.4, -0.2) is 44.0 Å². The summed E-state index contributed by atoms with van der Waals surface area (Å²) < 4.78 is 15.0. The third kappa shape index (κ3) is 4.42. The van der Waals surface area contributed by atoms with E-state index in [-0.39, 0.29) is 30.3 Å². The minimum absolute atomic E-state index is 0.107. The number of benzene rings is 1. The van der Waals surface area contributed by atoms with Crippen LogP contribution in [0.2, 0.25) is 0 Å². The third-order valence-electron chi connectivity index (χ3n) is 4.61. The molecule has 1 saturated heterocycles. The van der Waals surface area contributed by atoms with Gasteiger partial charge in [0.15, 0.2) is 0 Å². The SMILES string of the molecule is CC(CC(=O)N1CCC(n2cc(CO)nn2)C1)Cc1cccc(F)c1. The fourth-order valence-electron chi connectivity index (χ4n) is 3.31. The summed E-state index contributed by atoms with van der Waals surface area (Å²) in [5.74, 6) is 0.0307. The first-order chi connectivity index (χ1) is 12.0. The van der Waals surface area contributed by atoms with E-state index in [1.807, 2.05) is 17.9 Å². The predicted octanol–water partition coefficient (Wildman–Crippen LogP) is 1.95. The molecule has 25 heavy (non-hydrogen) atoms. The molecule has 1 fully saturated rings. The maximum Gasteiger partial charge on any atom is 0.222 e. The van der Waals surface area contributed by atoms with Crippen molar-refractivity contribution in [2.45, 2.75) is 38.8 Å².